The van der Waals surface area contributed by atoms with Crippen molar-refractivity contribution in [3.8, 4) is 5.75 Å². The minimum absolute atomic E-state index is 0.0489. The molecule has 1 aliphatic heterocycles. The van der Waals surface area contributed by atoms with Gasteiger partial charge in [0.15, 0.2) is 0 Å². The number of phenols is 1. The summed E-state index contributed by atoms with van der Waals surface area (Å²) in [7, 11) is 0. The molecule has 2 heterocycles. The third kappa shape index (κ3) is 5.58. The van der Waals surface area contributed by atoms with Gasteiger partial charge in [-0.1, -0.05) is 17.3 Å². The normalized spacial score (nSPS) is 16.3. The molecule has 9 heteroatoms. The van der Waals surface area contributed by atoms with Gasteiger partial charge in [-0.15, -0.1) is 0 Å². The number of nitrogens with one attached hydrogen (secondary N) is 1. The standard InChI is InChI=1S/C21H28N4O5/c1-14-17(15(2)30-23-14)13-25-9-7-24(8-10-25)12-16(21(28)29)11-20(27)22-18-5-3-4-6-19(18)26/h3-6,16,26H,7-13H2,1-2H3,(H,22,27)(H,28,29)/t16-/m1/s1. The summed E-state index contributed by atoms with van der Waals surface area (Å²) in [6.07, 6.45) is -0.150. The highest BCUT2D eigenvalue weighted by molar-refractivity contribution is 5.94. The Bertz CT molecular complexity index is 870. The highest BCUT2D eigenvalue weighted by Crippen LogP contribution is 2.22. The van der Waals surface area contributed by atoms with Gasteiger partial charge in [0.05, 0.1) is 17.3 Å². The number of phenolic OH excluding ortho intramolecular Hbond substituents is 1. The molecule has 0 spiro atoms. The number of aromatic hydroxyl groups is 1. The number of carbonyl (C=O) groups is 2. The maximum absolute atomic E-state index is 12.3. The first-order chi connectivity index (χ1) is 14.3. The van der Waals surface area contributed by atoms with E-state index in [2.05, 4.69) is 20.3 Å². The van der Waals surface area contributed by atoms with E-state index in [0.29, 0.717) is 6.54 Å². The number of piperazine rings is 1. The topological polar surface area (TPSA) is 119 Å². The van der Waals surface area contributed by atoms with Crippen LogP contribution in [0.4, 0.5) is 5.69 Å². The quantitative estimate of drug-likeness (QED) is 0.558. The second-order valence-corrected chi connectivity index (χ2v) is 7.68. The molecule has 1 aromatic carbocycles. The van der Waals surface area contributed by atoms with Crippen LogP contribution in [0.5, 0.6) is 5.75 Å². The Morgan fingerprint density at radius 1 is 1.17 bits per heavy atom. The Morgan fingerprint density at radius 3 is 2.43 bits per heavy atom. The van der Waals surface area contributed by atoms with Crippen molar-refractivity contribution < 1.29 is 24.3 Å². The highest BCUT2D eigenvalue weighted by atomic mass is 16.5. The lowest BCUT2D eigenvalue weighted by atomic mass is 10.0. The Balaban J connectivity index is 1.49. The van der Waals surface area contributed by atoms with Gasteiger partial charge in [0.25, 0.3) is 0 Å². The molecule has 0 bridgehead atoms. The first-order valence-corrected chi connectivity index (χ1v) is 10.0. The lowest BCUT2D eigenvalue weighted by Gasteiger charge is -2.35. The zero-order chi connectivity index (χ0) is 21.7. The van der Waals surface area contributed by atoms with Gasteiger partial charge in [0, 0.05) is 51.3 Å². The fourth-order valence-corrected chi connectivity index (χ4v) is 3.63. The summed E-state index contributed by atoms with van der Waals surface area (Å²) in [6, 6.07) is 6.37. The molecular weight excluding hydrogens is 388 g/mol. The van der Waals surface area contributed by atoms with Crippen molar-refractivity contribution in [2.24, 2.45) is 5.92 Å². The van der Waals surface area contributed by atoms with Crippen molar-refractivity contribution >= 4 is 17.6 Å². The number of benzene rings is 1. The summed E-state index contributed by atoms with van der Waals surface area (Å²) in [5, 5.41) is 25.9. The van der Waals surface area contributed by atoms with Gasteiger partial charge in [0.1, 0.15) is 11.5 Å². The van der Waals surface area contributed by atoms with E-state index in [0.717, 1.165) is 49.7 Å². The van der Waals surface area contributed by atoms with E-state index in [4.69, 9.17) is 4.52 Å². The first-order valence-electron chi connectivity index (χ1n) is 10.0. The van der Waals surface area contributed by atoms with Gasteiger partial charge in [-0.2, -0.15) is 0 Å². The molecule has 0 radical (unpaired) electrons. The van der Waals surface area contributed by atoms with E-state index in [-0.39, 0.29) is 17.9 Å². The summed E-state index contributed by atoms with van der Waals surface area (Å²) in [4.78, 5) is 28.4. The minimum Gasteiger partial charge on any atom is -0.506 e. The van der Waals surface area contributed by atoms with E-state index in [9.17, 15) is 19.8 Å². The maximum atomic E-state index is 12.3. The summed E-state index contributed by atoms with van der Waals surface area (Å²) < 4.78 is 5.22. The number of anilines is 1. The fraction of sp³-hybridized carbons (Fsp3) is 0.476. The molecule has 3 rings (SSSR count). The Labute approximate surface area is 175 Å². The van der Waals surface area contributed by atoms with Crippen LogP contribution in [0.2, 0.25) is 0 Å². The van der Waals surface area contributed by atoms with Crippen LogP contribution in [-0.4, -0.2) is 69.8 Å². The molecule has 0 aliphatic carbocycles. The van der Waals surface area contributed by atoms with Gasteiger partial charge >= 0.3 is 5.97 Å². The SMILES string of the molecule is Cc1noc(C)c1CN1CCN(C[C@@H](CC(=O)Nc2ccccc2O)C(=O)O)CC1. The monoisotopic (exact) mass is 416 g/mol. The number of carboxylic acids is 1. The summed E-state index contributed by atoms with van der Waals surface area (Å²) in [5.41, 5.74) is 2.28. The zero-order valence-electron chi connectivity index (χ0n) is 17.3. The van der Waals surface area contributed by atoms with Gasteiger partial charge < -0.3 is 20.1 Å². The molecule has 0 unspecified atom stereocenters. The average Bonchev–Trinajstić information content (AvgIpc) is 3.02. The average molecular weight is 416 g/mol. The number of nitrogens with zero attached hydrogens (tertiary/aromatic N) is 3. The number of aromatic nitrogens is 1. The zero-order valence-corrected chi connectivity index (χ0v) is 17.3. The molecule has 1 fully saturated rings. The van der Waals surface area contributed by atoms with Crippen LogP contribution in [0.1, 0.15) is 23.4 Å². The maximum Gasteiger partial charge on any atom is 0.308 e. The second kappa shape index (κ2) is 9.73. The van der Waals surface area contributed by atoms with Crippen LogP contribution in [0.25, 0.3) is 0 Å². The Kier molecular flexibility index (Phi) is 7.07. The number of para-hydroxylation sites is 2. The van der Waals surface area contributed by atoms with Crippen molar-refractivity contribution in [1.29, 1.82) is 0 Å². The van der Waals surface area contributed by atoms with E-state index >= 15 is 0 Å². The molecule has 1 amide bonds. The molecule has 2 aromatic rings. The van der Waals surface area contributed by atoms with E-state index in [1.807, 2.05) is 13.8 Å². The summed E-state index contributed by atoms with van der Waals surface area (Å²) >= 11 is 0. The van der Waals surface area contributed by atoms with Crippen LogP contribution in [-0.2, 0) is 16.1 Å². The Hall–Kier alpha value is -2.91. The molecule has 30 heavy (non-hydrogen) atoms. The molecule has 9 nitrogen and oxygen atoms in total. The van der Waals surface area contributed by atoms with Gasteiger partial charge in [0.2, 0.25) is 5.91 Å². The first kappa shape index (κ1) is 21.8. The van der Waals surface area contributed by atoms with Gasteiger partial charge in [-0.05, 0) is 26.0 Å². The lowest BCUT2D eigenvalue weighted by molar-refractivity contribution is -0.144. The van der Waals surface area contributed by atoms with Crippen molar-refractivity contribution in [3.05, 3.63) is 41.3 Å². The smallest absolute Gasteiger partial charge is 0.308 e. The van der Waals surface area contributed by atoms with Crippen molar-refractivity contribution in [3.63, 3.8) is 0 Å². The third-order valence-electron chi connectivity index (χ3n) is 5.47. The molecule has 1 aromatic heterocycles. The van der Waals surface area contributed by atoms with E-state index in [1.165, 1.54) is 6.07 Å². The van der Waals surface area contributed by atoms with Crippen molar-refractivity contribution in [1.82, 2.24) is 15.0 Å². The van der Waals surface area contributed by atoms with E-state index in [1.54, 1.807) is 18.2 Å². The predicted octanol–water partition coefficient (Wildman–Crippen LogP) is 1.84. The number of hydrogen-bond donors (Lipinski definition) is 3. The fourth-order valence-electron chi connectivity index (χ4n) is 3.63. The van der Waals surface area contributed by atoms with Crippen molar-refractivity contribution in [2.75, 3.05) is 38.0 Å². The molecule has 1 atom stereocenters. The van der Waals surface area contributed by atoms with Crippen LogP contribution >= 0.6 is 0 Å². The number of carboxylic acid groups (broad SMARTS) is 1. The van der Waals surface area contributed by atoms with Crippen LogP contribution in [0.3, 0.4) is 0 Å². The van der Waals surface area contributed by atoms with Gasteiger partial charge in [-0.3, -0.25) is 19.4 Å². The molecule has 162 valence electrons. The second-order valence-electron chi connectivity index (χ2n) is 7.68. The van der Waals surface area contributed by atoms with Crippen LogP contribution in [0, 0.1) is 19.8 Å². The van der Waals surface area contributed by atoms with Crippen LogP contribution < -0.4 is 5.32 Å². The number of rotatable bonds is 8. The largest absolute Gasteiger partial charge is 0.506 e. The number of aliphatic carboxylic acids is 1. The molecule has 0 saturated carbocycles. The number of hydrogen-bond acceptors (Lipinski definition) is 7. The van der Waals surface area contributed by atoms with Crippen LogP contribution in [0.15, 0.2) is 28.8 Å². The third-order valence-corrected chi connectivity index (χ3v) is 5.47. The lowest BCUT2D eigenvalue weighted by Crippen LogP contribution is -2.48. The molecule has 1 saturated heterocycles. The molecule has 3 N–H and O–H groups in total. The summed E-state index contributed by atoms with van der Waals surface area (Å²) in [5.74, 6) is -1.46. The predicted molar refractivity (Wildman–Crippen MR) is 110 cm³/mol. The minimum atomic E-state index is -0.999. The Morgan fingerprint density at radius 2 is 1.83 bits per heavy atom. The number of amides is 1. The van der Waals surface area contributed by atoms with Crippen molar-refractivity contribution in [2.45, 2.75) is 26.8 Å². The molecule has 1 aliphatic rings. The molecular formula is C21H28N4O5. The van der Waals surface area contributed by atoms with E-state index < -0.39 is 17.8 Å². The number of carbonyl (C=O) groups excluding carboxylic acids is 1. The van der Waals surface area contributed by atoms with Gasteiger partial charge in [-0.25, -0.2) is 0 Å². The number of aryl methyl sites for hydroxylation is 2. The highest BCUT2D eigenvalue weighted by Gasteiger charge is 2.27. The summed E-state index contributed by atoms with van der Waals surface area (Å²) in [6.45, 7) is 7.98.